The minimum atomic E-state index is -0.231. The average Bonchev–Trinajstić information content (AvgIpc) is 2.99. The van der Waals surface area contributed by atoms with Gasteiger partial charge in [-0.25, -0.2) is 4.98 Å². The van der Waals surface area contributed by atoms with Crippen LogP contribution in [0.1, 0.15) is 12.1 Å². The molecule has 0 spiro atoms. The van der Waals surface area contributed by atoms with E-state index in [0.717, 1.165) is 37.8 Å². The van der Waals surface area contributed by atoms with Crippen LogP contribution in [0.15, 0.2) is 6.20 Å². The molecule has 0 aliphatic carbocycles. The van der Waals surface area contributed by atoms with E-state index in [9.17, 15) is 0 Å². The van der Waals surface area contributed by atoms with Crippen LogP contribution >= 0.6 is 0 Å². The lowest BCUT2D eigenvalue weighted by Crippen LogP contribution is -2.37. The van der Waals surface area contributed by atoms with Gasteiger partial charge in [-0.3, -0.25) is 0 Å². The number of methoxy groups -OCH3 is 2. The van der Waals surface area contributed by atoms with Gasteiger partial charge in [0.2, 0.25) is 5.95 Å². The third-order valence-electron chi connectivity index (χ3n) is 3.44. The highest BCUT2D eigenvalue weighted by molar-refractivity contribution is 5.29. The standard InChI is InChI=1S/C13H23N3O3/c1-11-8-16(12(15-11)14-5-7-17-2)9-13(18-3)4-6-19-10-13/h8H,4-7,9-10H2,1-3H3,(H,14,15). The van der Waals surface area contributed by atoms with Gasteiger partial charge in [-0.1, -0.05) is 0 Å². The van der Waals surface area contributed by atoms with Crippen molar-refractivity contribution in [1.82, 2.24) is 9.55 Å². The Morgan fingerprint density at radius 2 is 2.37 bits per heavy atom. The number of anilines is 1. The van der Waals surface area contributed by atoms with Gasteiger partial charge in [0.1, 0.15) is 5.60 Å². The summed E-state index contributed by atoms with van der Waals surface area (Å²) in [5.74, 6) is 0.859. The number of nitrogens with zero attached hydrogens (tertiary/aromatic N) is 2. The summed E-state index contributed by atoms with van der Waals surface area (Å²) in [7, 11) is 3.44. The predicted octanol–water partition coefficient (Wildman–Crippen LogP) is 1.06. The van der Waals surface area contributed by atoms with E-state index in [1.807, 2.05) is 13.1 Å². The van der Waals surface area contributed by atoms with Crippen LogP contribution in [0, 0.1) is 6.92 Å². The Balaban J connectivity index is 2.06. The van der Waals surface area contributed by atoms with Crippen LogP contribution in [0.4, 0.5) is 5.95 Å². The monoisotopic (exact) mass is 269 g/mol. The van der Waals surface area contributed by atoms with Gasteiger partial charge in [-0.2, -0.15) is 0 Å². The molecule has 1 N–H and O–H groups in total. The topological polar surface area (TPSA) is 57.5 Å². The van der Waals surface area contributed by atoms with Gasteiger partial charge in [-0.05, 0) is 6.92 Å². The maximum Gasteiger partial charge on any atom is 0.203 e. The molecule has 0 bridgehead atoms. The van der Waals surface area contributed by atoms with E-state index in [1.165, 1.54) is 0 Å². The lowest BCUT2D eigenvalue weighted by atomic mass is 10.0. The van der Waals surface area contributed by atoms with E-state index < -0.39 is 0 Å². The molecular weight excluding hydrogens is 246 g/mol. The molecule has 1 fully saturated rings. The Morgan fingerprint density at radius 1 is 1.53 bits per heavy atom. The largest absolute Gasteiger partial charge is 0.383 e. The van der Waals surface area contributed by atoms with E-state index in [-0.39, 0.29) is 5.60 Å². The van der Waals surface area contributed by atoms with Gasteiger partial charge in [0.05, 0.1) is 25.5 Å². The smallest absolute Gasteiger partial charge is 0.203 e. The quantitative estimate of drug-likeness (QED) is 0.750. The lowest BCUT2D eigenvalue weighted by Gasteiger charge is -2.26. The third kappa shape index (κ3) is 3.46. The molecule has 1 unspecified atom stereocenters. The van der Waals surface area contributed by atoms with E-state index >= 15 is 0 Å². The number of nitrogens with one attached hydrogen (secondary N) is 1. The second-order valence-corrected chi connectivity index (χ2v) is 4.94. The number of hydrogen-bond donors (Lipinski definition) is 1. The fraction of sp³-hybridized carbons (Fsp3) is 0.769. The van der Waals surface area contributed by atoms with Gasteiger partial charge in [0.15, 0.2) is 0 Å². The van der Waals surface area contributed by atoms with Gasteiger partial charge >= 0.3 is 0 Å². The summed E-state index contributed by atoms with van der Waals surface area (Å²) in [5.41, 5.74) is 0.759. The molecule has 1 aromatic heterocycles. The molecule has 6 heteroatoms. The fourth-order valence-corrected chi connectivity index (χ4v) is 2.32. The summed E-state index contributed by atoms with van der Waals surface area (Å²) in [6.45, 7) is 5.53. The molecule has 2 heterocycles. The Bertz CT molecular complexity index is 400. The molecule has 1 saturated heterocycles. The fourth-order valence-electron chi connectivity index (χ4n) is 2.32. The zero-order valence-electron chi connectivity index (χ0n) is 11.9. The molecule has 2 rings (SSSR count). The number of aryl methyl sites for hydroxylation is 1. The Hall–Kier alpha value is -1.11. The van der Waals surface area contributed by atoms with Gasteiger partial charge < -0.3 is 24.1 Å². The van der Waals surface area contributed by atoms with E-state index in [0.29, 0.717) is 13.2 Å². The van der Waals surface area contributed by atoms with Crippen molar-refractivity contribution in [3.63, 3.8) is 0 Å². The Labute approximate surface area is 114 Å². The average molecular weight is 269 g/mol. The Kier molecular flexibility index (Phi) is 4.79. The second-order valence-electron chi connectivity index (χ2n) is 4.94. The van der Waals surface area contributed by atoms with Crippen molar-refractivity contribution >= 4 is 5.95 Å². The first kappa shape index (κ1) is 14.3. The summed E-state index contributed by atoms with van der Waals surface area (Å²) in [6, 6.07) is 0. The zero-order chi connectivity index (χ0) is 13.7. The molecule has 19 heavy (non-hydrogen) atoms. The van der Waals surface area contributed by atoms with Crippen molar-refractivity contribution in [2.24, 2.45) is 0 Å². The first-order valence-electron chi connectivity index (χ1n) is 6.58. The van der Waals surface area contributed by atoms with Crippen LogP contribution in [0.3, 0.4) is 0 Å². The number of aromatic nitrogens is 2. The van der Waals surface area contributed by atoms with Crippen molar-refractivity contribution in [1.29, 1.82) is 0 Å². The number of rotatable bonds is 7. The summed E-state index contributed by atoms with van der Waals surface area (Å²) in [6.07, 6.45) is 2.95. The van der Waals surface area contributed by atoms with Crippen LogP contribution in [0.5, 0.6) is 0 Å². The summed E-state index contributed by atoms with van der Waals surface area (Å²) < 4.78 is 18.3. The highest BCUT2D eigenvalue weighted by Gasteiger charge is 2.36. The SMILES string of the molecule is COCCNc1nc(C)cn1CC1(OC)CCOC1. The van der Waals surface area contributed by atoms with E-state index in [1.54, 1.807) is 14.2 Å². The molecule has 0 amide bonds. The van der Waals surface area contributed by atoms with Crippen molar-refractivity contribution in [3.05, 3.63) is 11.9 Å². The molecule has 0 saturated carbocycles. The first-order valence-corrected chi connectivity index (χ1v) is 6.58. The summed E-state index contributed by atoms with van der Waals surface area (Å²) >= 11 is 0. The second kappa shape index (κ2) is 6.36. The predicted molar refractivity (Wildman–Crippen MR) is 72.5 cm³/mol. The van der Waals surface area contributed by atoms with Gasteiger partial charge in [-0.15, -0.1) is 0 Å². The number of hydrogen-bond acceptors (Lipinski definition) is 5. The molecule has 108 valence electrons. The van der Waals surface area contributed by atoms with Crippen LogP contribution in [0.2, 0.25) is 0 Å². The number of ether oxygens (including phenoxy) is 3. The minimum Gasteiger partial charge on any atom is -0.383 e. The molecule has 0 radical (unpaired) electrons. The van der Waals surface area contributed by atoms with Crippen LogP contribution in [-0.4, -0.2) is 55.7 Å². The van der Waals surface area contributed by atoms with Gasteiger partial charge in [0, 0.05) is 40.0 Å². The highest BCUT2D eigenvalue weighted by Crippen LogP contribution is 2.26. The minimum absolute atomic E-state index is 0.231. The van der Waals surface area contributed by atoms with Crippen LogP contribution < -0.4 is 5.32 Å². The third-order valence-corrected chi connectivity index (χ3v) is 3.44. The van der Waals surface area contributed by atoms with E-state index in [2.05, 4.69) is 14.9 Å². The summed E-state index contributed by atoms with van der Waals surface area (Å²) in [5, 5.41) is 3.28. The molecule has 1 aliphatic heterocycles. The molecule has 1 aliphatic rings. The highest BCUT2D eigenvalue weighted by atomic mass is 16.5. The number of imidazole rings is 1. The maximum absolute atomic E-state index is 5.67. The molecular formula is C13H23N3O3. The van der Waals surface area contributed by atoms with Gasteiger partial charge in [0.25, 0.3) is 0 Å². The first-order chi connectivity index (χ1) is 9.19. The van der Waals surface area contributed by atoms with Crippen molar-refractivity contribution in [2.45, 2.75) is 25.5 Å². The van der Waals surface area contributed by atoms with Crippen molar-refractivity contribution in [2.75, 3.05) is 45.9 Å². The molecule has 0 aromatic carbocycles. The normalized spacial score (nSPS) is 22.9. The van der Waals surface area contributed by atoms with E-state index in [4.69, 9.17) is 14.2 Å². The van der Waals surface area contributed by atoms with Crippen LogP contribution in [-0.2, 0) is 20.8 Å². The summed E-state index contributed by atoms with van der Waals surface area (Å²) in [4.78, 5) is 4.49. The zero-order valence-corrected chi connectivity index (χ0v) is 11.9. The Morgan fingerprint density at radius 3 is 3.00 bits per heavy atom. The maximum atomic E-state index is 5.67. The van der Waals surface area contributed by atoms with Crippen LogP contribution in [0.25, 0.3) is 0 Å². The molecule has 1 atom stereocenters. The van der Waals surface area contributed by atoms with Crippen molar-refractivity contribution < 1.29 is 14.2 Å². The molecule has 6 nitrogen and oxygen atoms in total. The lowest BCUT2D eigenvalue weighted by molar-refractivity contribution is -0.0291. The van der Waals surface area contributed by atoms with Crippen molar-refractivity contribution in [3.8, 4) is 0 Å². The molecule has 1 aromatic rings.